The molecule has 2 atom stereocenters. The number of carbonyl (C=O) groups is 2. The third-order valence-electron chi connectivity index (χ3n) is 4.95. The van der Waals surface area contributed by atoms with Gasteiger partial charge in [-0.25, -0.2) is 5.06 Å². The van der Waals surface area contributed by atoms with Crippen molar-refractivity contribution in [3.05, 3.63) is 71.8 Å². The lowest BCUT2D eigenvalue weighted by Crippen LogP contribution is -2.42. The van der Waals surface area contributed by atoms with Crippen molar-refractivity contribution in [2.75, 3.05) is 11.7 Å². The van der Waals surface area contributed by atoms with E-state index in [1.54, 1.807) is 5.06 Å². The molecular formula is C23H26N2O5. The SMILES string of the molecule is C[C@H](NC(=O)C1=C(c2ccccc2)ON(c2ccccc2)C1CCCCO)C(=O)O. The summed E-state index contributed by atoms with van der Waals surface area (Å²) in [6, 6.07) is 17.3. The molecule has 1 unspecified atom stereocenters. The van der Waals surface area contributed by atoms with Crippen LogP contribution in [-0.4, -0.2) is 40.8 Å². The number of nitrogens with one attached hydrogen (secondary N) is 1. The summed E-state index contributed by atoms with van der Waals surface area (Å²) in [6.45, 7) is 1.49. The van der Waals surface area contributed by atoms with Gasteiger partial charge in [-0.2, -0.15) is 0 Å². The number of carboxylic acids is 1. The molecule has 1 aliphatic heterocycles. The Hall–Kier alpha value is -3.32. The summed E-state index contributed by atoms with van der Waals surface area (Å²) >= 11 is 0. The molecule has 0 saturated heterocycles. The third kappa shape index (κ3) is 4.80. The summed E-state index contributed by atoms with van der Waals surface area (Å²) in [6.07, 6.45) is 1.84. The maximum absolute atomic E-state index is 13.2. The molecule has 1 amide bonds. The van der Waals surface area contributed by atoms with E-state index >= 15 is 0 Å². The van der Waals surface area contributed by atoms with Gasteiger partial charge in [0.05, 0.1) is 11.3 Å². The van der Waals surface area contributed by atoms with E-state index in [9.17, 15) is 19.8 Å². The lowest BCUT2D eigenvalue weighted by Gasteiger charge is -2.26. The van der Waals surface area contributed by atoms with Crippen molar-refractivity contribution in [1.29, 1.82) is 0 Å². The second-order valence-corrected chi connectivity index (χ2v) is 7.13. The second kappa shape index (κ2) is 9.93. The number of rotatable bonds is 9. The Balaban J connectivity index is 2.03. The molecule has 1 aliphatic rings. The summed E-state index contributed by atoms with van der Waals surface area (Å²) < 4.78 is 0. The van der Waals surface area contributed by atoms with Gasteiger partial charge in [-0.15, -0.1) is 0 Å². The molecule has 0 saturated carbocycles. The molecule has 0 spiro atoms. The Morgan fingerprint density at radius 2 is 1.70 bits per heavy atom. The van der Waals surface area contributed by atoms with E-state index in [0.29, 0.717) is 30.6 Å². The fourth-order valence-corrected chi connectivity index (χ4v) is 3.39. The van der Waals surface area contributed by atoms with Crippen LogP contribution >= 0.6 is 0 Å². The molecule has 30 heavy (non-hydrogen) atoms. The first-order valence-electron chi connectivity index (χ1n) is 9.99. The topological polar surface area (TPSA) is 99.1 Å². The van der Waals surface area contributed by atoms with E-state index in [1.807, 2.05) is 60.7 Å². The number of anilines is 1. The number of aliphatic carboxylic acids is 1. The van der Waals surface area contributed by atoms with Crippen LogP contribution in [0.2, 0.25) is 0 Å². The number of aliphatic hydroxyl groups is 1. The van der Waals surface area contributed by atoms with Crippen LogP contribution in [0.15, 0.2) is 66.2 Å². The van der Waals surface area contributed by atoms with Crippen molar-refractivity contribution >= 4 is 23.3 Å². The average Bonchev–Trinajstić information content (AvgIpc) is 3.14. The predicted octanol–water partition coefficient (Wildman–Crippen LogP) is 2.97. The number of hydrogen-bond acceptors (Lipinski definition) is 5. The van der Waals surface area contributed by atoms with E-state index < -0.39 is 24.0 Å². The number of carboxylic acid groups (broad SMARTS) is 1. The summed E-state index contributed by atoms with van der Waals surface area (Å²) in [5.41, 5.74) is 1.90. The minimum absolute atomic E-state index is 0.0613. The van der Waals surface area contributed by atoms with Crippen molar-refractivity contribution in [2.45, 2.75) is 38.3 Å². The van der Waals surface area contributed by atoms with E-state index in [2.05, 4.69) is 5.32 Å². The summed E-state index contributed by atoms with van der Waals surface area (Å²) in [5, 5.41) is 22.7. The number of nitrogens with zero attached hydrogens (tertiary/aromatic N) is 1. The maximum atomic E-state index is 13.2. The summed E-state index contributed by atoms with van der Waals surface area (Å²) in [7, 11) is 0. The Morgan fingerprint density at radius 3 is 2.30 bits per heavy atom. The molecule has 3 N–H and O–H groups in total. The van der Waals surface area contributed by atoms with Crippen LogP contribution < -0.4 is 10.4 Å². The van der Waals surface area contributed by atoms with Gasteiger partial charge in [-0.05, 0) is 38.3 Å². The van der Waals surface area contributed by atoms with Crippen molar-refractivity contribution < 1.29 is 24.6 Å². The van der Waals surface area contributed by atoms with Crippen molar-refractivity contribution in [2.24, 2.45) is 0 Å². The van der Waals surface area contributed by atoms with Crippen molar-refractivity contribution in [3.63, 3.8) is 0 Å². The van der Waals surface area contributed by atoms with Gasteiger partial charge in [0, 0.05) is 12.2 Å². The number of para-hydroxylation sites is 1. The van der Waals surface area contributed by atoms with Crippen LogP contribution in [-0.2, 0) is 14.4 Å². The molecule has 0 aliphatic carbocycles. The fraction of sp³-hybridized carbons (Fsp3) is 0.304. The molecular weight excluding hydrogens is 384 g/mol. The van der Waals surface area contributed by atoms with Crippen LogP contribution in [0.25, 0.3) is 5.76 Å². The summed E-state index contributed by atoms with van der Waals surface area (Å²) in [5.74, 6) is -1.18. The molecule has 7 nitrogen and oxygen atoms in total. The Bertz CT molecular complexity index is 898. The van der Waals surface area contributed by atoms with E-state index in [0.717, 1.165) is 11.3 Å². The largest absolute Gasteiger partial charge is 0.480 e. The highest BCUT2D eigenvalue weighted by atomic mass is 16.7. The van der Waals surface area contributed by atoms with Gasteiger partial charge >= 0.3 is 5.97 Å². The zero-order valence-electron chi connectivity index (χ0n) is 16.8. The Labute approximate surface area is 175 Å². The number of amides is 1. The van der Waals surface area contributed by atoms with Gasteiger partial charge in [0.15, 0.2) is 5.76 Å². The number of carbonyl (C=O) groups excluding carboxylic acids is 1. The first-order valence-corrected chi connectivity index (χ1v) is 9.99. The quantitative estimate of drug-likeness (QED) is 0.550. The second-order valence-electron chi connectivity index (χ2n) is 7.13. The number of aliphatic hydroxyl groups excluding tert-OH is 1. The van der Waals surface area contributed by atoms with Gasteiger partial charge in [-0.1, -0.05) is 48.5 Å². The molecule has 2 aromatic rings. The zero-order chi connectivity index (χ0) is 21.5. The number of unbranched alkanes of at least 4 members (excludes halogenated alkanes) is 1. The third-order valence-corrected chi connectivity index (χ3v) is 4.95. The van der Waals surface area contributed by atoms with Crippen LogP contribution in [0.3, 0.4) is 0 Å². The van der Waals surface area contributed by atoms with E-state index in [-0.39, 0.29) is 6.61 Å². The maximum Gasteiger partial charge on any atom is 0.325 e. The minimum atomic E-state index is -1.11. The normalized spacial score (nSPS) is 16.9. The van der Waals surface area contributed by atoms with Crippen molar-refractivity contribution in [3.8, 4) is 0 Å². The first kappa shape index (κ1) is 21.4. The monoisotopic (exact) mass is 410 g/mol. The highest BCUT2D eigenvalue weighted by Crippen LogP contribution is 2.38. The molecule has 0 radical (unpaired) electrons. The minimum Gasteiger partial charge on any atom is -0.480 e. The standard InChI is InChI=1S/C23H26N2O5/c1-16(23(28)29)24-22(27)20-19(14-8-9-15-26)25(18-12-6-3-7-13-18)30-21(20)17-10-4-2-5-11-17/h2-7,10-13,16,19,26H,8-9,14-15H2,1H3,(H,24,27)(H,28,29)/t16-,19?/m0/s1. The van der Waals surface area contributed by atoms with Gasteiger partial charge in [0.1, 0.15) is 12.1 Å². The van der Waals surface area contributed by atoms with Gasteiger partial charge in [0.2, 0.25) is 0 Å². The number of benzene rings is 2. The van der Waals surface area contributed by atoms with Gasteiger partial charge in [0.25, 0.3) is 5.91 Å². The van der Waals surface area contributed by atoms with E-state index in [1.165, 1.54) is 6.92 Å². The lowest BCUT2D eigenvalue weighted by molar-refractivity contribution is -0.140. The highest BCUT2D eigenvalue weighted by molar-refractivity contribution is 6.04. The molecule has 0 aromatic heterocycles. The predicted molar refractivity (Wildman–Crippen MR) is 113 cm³/mol. The number of hydrogen-bond donors (Lipinski definition) is 3. The Kier molecular flexibility index (Phi) is 7.08. The van der Waals surface area contributed by atoms with Crippen LogP contribution in [0.1, 0.15) is 31.7 Å². The van der Waals surface area contributed by atoms with Crippen molar-refractivity contribution in [1.82, 2.24) is 5.32 Å². The lowest BCUT2D eigenvalue weighted by atomic mass is 9.96. The molecule has 2 aromatic carbocycles. The molecule has 158 valence electrons. The molecule has 1 heterocycles. The zero-order valence-corrected chi connectivity index (χ0v) is 16.8. The van der Waals surface area contributed by atoms with E-state index in [4.69, 9.17) is 4.84 Å². The first-order chi connectivity index (χ1) is 14.5. The van der Waals surface area contributed by atoms with Gasteiger partial charge < -0.3 is 20.4 Å². The number of hydroxylamine groups is 1. The molecule has 0 fully saturated rings. The molecule has 7 heteroatoms. The smallest absolute Gasteiger partial charge is 0.325 e. The summed E-state index contributed by atoms with van der Waals surface area (Å²) in [4.78, 5) is 30.6. The van der Waals surface area contributed by atoms with Crippen LogP contribution in [0.4, 0.5) is 5.69 Å². The fourth-order valence-electron chi connectivity index (χ4n) is 3.39. The molecule has 0 bridgehead atoms. The highest BCUT2D eigenvalue weighted by Gasteiger charge is 2.40. The van der Waals surface area contributed by atoms with Crippen LogP contribution in [0, 0.1) is 0 Å². The average molecular weight is 410 g/mol. The van der Waals surface area contributed by atoms with Crippen LogP contribution in [0.5, 0.6) is 0 Å². The van der Waals surface area contributed by atoms with Gasteiger partial charge in [-0.3, -0.25) is 9.59 Å². The molecule has 3 rings (SSSR count). The Morgan fingerprint density at radius 1 is 1.07 bits per heavy atom.